The molecule has 2 aromatic rings. The lowest BCUT2D eigenvalue weighted by molar-refractivity contribution is -0.137. The Labute approximate surface area is 217 Å². The molecule has 2 aliphatic heterocycles. The van der Waals surface area contributed by atoms with Crippen LogP contribution in [-0.2, 0) is 4.79 Å². The van der Waals surface area contributed by atoms with E-state index < -0.39 is 5.97 Å². The van der Waals surface area contributed by atoms with Crippen LogP contribution in [0.2, 0.25) is 15.1 Å². The second-order valence-corrected chi connectivity index (χ2v) is 10.7. The van der Waals surface area contributed by atoms with Gasteiger partial charge in [-0.25, -0.2) is 0 Å². The summed E-state index contributed by atoms with van der Waals surface area (Å²) >= 11 is 19.0. The van der Waals surface area contributed by atoms with Gasteiger partial charge in [0.1, 0.15) is 0 Å². The zero-order valence-corrected chi connectivity index (χ0v) is 21.7. The molecule has 0 amide bonds. The predicted octanol–water partition coefficient (Wildman–Crippen LogP) is 6.55. The van der Waals surface area contributed by atoms with Crippen LogP contribution in [0.3, 0.4) is 0 Å². The summed E-state index contributed by atoms with van der Waals surface area (Å²) in [6.45, 7) is 6.85. The van der Waals surface area contributed by atoms with E-state index in [0.29, 0.717) is 33.6 Å². The molecule has 0 spiro atoms. The molecule has 2 aliphatic rings. The summed E-state index contributed by atoms with van der Waals surface area (Å²) in [6.07, 6.45) is 3.59. The Morgan fingerprint density at radius 2 is 1.82 bits per heavy atom. The zero-order valence-electron chi connectivity index (χ0n) is 19.4. The molecule has 0 bridgehead atoms. The van der Waals surface area contributed by atoms with E-state index in [0.717, 1.165) is 56.7 Å². The maximum atomic E-state index is 10.9. The lowest BCUT2D eigenvalue weighted by atomic mass is 9.88. The van der Waals surface area contributed by atoms with Crippen molar-refractivity contribution in [3.05, 3.63) is 62.6 Å². The molecule has 2 unspecified atom stereocenters. The molecule has 34 heavy (non-hydrogen) atoms. The second-order valence-electron chi connectivity index (χ2n) is 9.47. The van der Waals surface area contributed by atoms with Crippen LogP contribution >= 0.6 is 34.8 Å². The van der Waals surface area contributed by atoms with Crippen molar-refractivity contribution in [2.45, 2.75) is 50.6 Å². The van der Waals surface area contributed by atoms with Crippen LogP contribution in [0.25, 0.3) is 0 Å². The van der Waals surface area contributed by atoms with E-state index in [-0.39, 0.29) is 12.5 Å². The van der Waals surface area contributed by atoms with Gasteiger partial charge in [-0.05, 0) is 87.1 Å². The molecule has 4 rings (SSSR count). The summed E-state index contributed by atoms with van der Waals surface area (Å²) < 4.78 is 0. The van der Waals surface area contributed by atoms with Gasteiger partial charge in [0.05, 0.1) is 23.2 Å². The lowest BCUT2D eigenvalue weighted by Crippen LogP contribution is -2.42. The Balaban J connectivity index is 1.34. The first-order valence-electron chi connectivity index (χ1n) is 12.0. The van der Waals surface area contributed by atoms with Crippen molar-refractivity contribution in [2.75, 3.05) is 38.0 Å². The maximum Gasteiger partial charge on any atom is 0.304 e. The van der Waals surface area contributed by atoms with Crippen molar-refractivity contribution in [3.8, 4) is 0 Å². The van der Waals surface area contributed by atoms with E-state index >= 15 is 0 Å². The molecule has 0 radical (unpaired) electrons. The number of nitrogens with one attached hydrogen (secondary N) is 1. The molecule has 2 fully saturated rings. The fraction of sp³-hybridized carbons (Fsp3) is 0.500. The molecular weight excluding hydrogens is 493 g/mol. The Hall–Kier alpha value is -1.50. The summed E-state index contributed by atoms with van der Waals surface area (Å²) in [6, 6.07) is 12.4. The van der Waals surface area contributed by atoms with Gasteiger partial charge in [-0.3, -0.25) is 9.69 Å². The average Bonchev–Trinajstić information content (AvgIpc) is 3.28. The first-order chi connectivity index (χ1) is 16.3. The second kappa shape index (κ2) is 11.5. The van der Waals surface area contributed by atoms with Crippen molar-refractivity contribution < 1.29 is 9.90 Å². The number of piperidine rings is 1. The third-order valence-electron chi connectivity index (χ3n) is 7.20. The van der Waals surface area contributed by atoms with Gasteiger partial charge in [0.15, 0.2) is 0 Å². The summed E-state index contributed by atoms with van der Waals surface area (Å²) in [4.78, 5) is 15.7. The van der Waals surface area contributed by atoms with E-state index in [9.17, 15) is 4.79 Å². The molecular formula is C26H32Cl3N3O2. The van der Waals surface area contributed by atoms with Crippen LogP contribution in [0.4, 0.5) is 5.69 Å². The Morgan fingerprint density at radius 1 is 1.06 bits per heavy atom. The van der Waals surface area contributed by atoms with Crippen LogP contribution < -0.4 is 5.32 Å². The monoisotopic (exact) mass is 523 g/mol. The highest BCUT2D eigenvalue weighted by molar-refractivity contribution is 6.35. The van der Waals surface area contributed by atoms with Crippen molar-refractivity contribution >= 4 is 46.5 Å². The van der Waals surface area contributed by atoms with Crippen LogP contribution in [-0.4, -0.2) is 59.6 Å². The van der Waals surface area contributed by atoms with E-state index in [1.54, 1.807) is 6.07 Å². The van der Waals surface area contributed by atoms with Gasteiger partial charge in [-0.15, -0.1) is 0 Å². The number of carboxylic acids is 1. The number of hydrogen-bond acceptors (Lipinski definition) is 4. The van der Waals surface area contributed by atoms with Gasteiger partial charge < -0.3 is 15.3 Å². The first-order valence-corrected chi connectivity index (χ1v) is 13.1. The predicted molar refractivity (Wildman–Crippen MR) is 141 cm³/mol. The smallest absolute Gasteiger partial charge is 0.304 e. The molecule has 2 aromatic carbocycles. The number of carbonyl (C=O) groups is 1. The lowest BCUT2D eigenvalue weighted by Gasteiger charge is -2.36. The maximum absolute atomic E-state index is 10.9. The van der Waals surface area contributed by atoms with Gasteiger partial charge in [0, 0.05) is 29.2 Å². The van der Waals surface area contributed by atoms with E-state index in [4.69, 9.17) is 39.9 Å². The minimum absolute atomic E-state index is 0.00852. The molecule has 2 heterocycles. The Bertz CT molecular complexity index is 1010. The summed E-state index contributed by atoms with van der Waals surface area (Å²) in [7, 11) is 0. The molecule has 0 aromatic heterocycles. The number of aliphatic carboxylic acids is 1. The van der Waals surface area contributed by atoms with Crippen molar-refractivity contribution in [3.63, 3.8) is 0 Å². The van der Waals surface area contributed by atoms with Gasteiger partial charge in [-0.1, -0.05) is 46.9 Å². The highest BCUT2D eigenvalue weighted by atomic mass is 35.5. The number of halogens is 3. The van der Waals surface area contributed by atoms with Crippen LogP contribution in [0.5, 0.6) is 0 Å². The van der Waals surface area contributed by atoms with E-state index in [2.05, 4.69) is 34.2 Å². The summed E-state index contributed by atoms with van der Waals surface area (Å²) in [5.74, 6) is -0.209. The number of carboxylic acid groups (broad SMARTS) is 1. The molecule has 5 nitrogen and oxygen atoms in total. The number of anilines is 1. The molecule has 0 aliphatic carbocycles. The minimum atomic E-state index is -0.716. The molecule has 0 saturated carbocycles. The zero-order chi connectivity index (χ0) is 24.2. The number of hydrogen-bond donors (Lipinski definition) is 2. The van der Waals surface area contributed by atoms with Crippen molar-refractivity contribution in [1.82, 2.24) is 9.80 Å². The molecule has 184 valence electrons. The summed E-state index contributed by atoms with van der Waals surface area (Å²) in [5.41, 5.74) is 3.22. The van der Waals surface area contributed by atoms with Crippen LogP contribution in [0.1, 0.15) is 55.7 Å². The number of likely N-dealkylation sites (tertiary alicyclic amines) is 2. The third kappa shape index (κ3) is 6.38. The van der Waals surface area contributed by atoms with Crippen LogP contribution in [0, 0.1) is 0 Å². The van der Waals surface area contributed by atoms with E-state index in [1.165, 1.54) is 5.56 Å². The molecule has 2 N–H and O–H groups in total. The largest absolute Gasteiger partial charge is 0.481 e. The van der Waals surface area contributed by atoms with Gasteiger partial charge >= 0.3 is 5.97 Å². The highest BCUT2D eigenvalue weighted by Crippen LogP contribution is 2.36. The van der Waals surface area contributed by atoms with Gasteiger partial charge in [0.2, 0.25) is 0 Å². The van der Waals surface area contributed by atoms with Gasteiger partial charge in [0.25, 0.3) is 0 Å². The Morgan fingerprint density at radius 3 is 2.53 bits per heavy atom. The molecule has 2 atom stereocenters. The molecule has 2 saturated heterocycles. The Kier molecular flexibility index (Phi) is 8.65. The fourth-order valence-electron chi connectivity index (χ4n) is 5.24. The number of nitrogens with zero attached hydrogens (tertiary/aromatic N) is 2. The third-order valence-corrected chi connectivity index (χ3v) is 8.09. The highest BCUT2D eigenvalue weighted by Gasteiger charge is 2.31. The number of rotatable bonds is 8. The first kappa shape index (κ1) is 25.6. The molecule has 8 heteroatoms. The van der Waals surface area contributed by atoms with Crippen molar-refractivity contribution in [2.24, 2.45) is 0 Å². The average molecular weight is 525 g/mol. The fourth-order valence-corrected chi connectivity index (χ4v) is 5.98. The summed E-state index contributed by atoms with van der Waals surface area (Å²) in [5, 5.41) is 14.4. The SMILES string of the molecule is CC(Nc1cc(C2CCN(C3CCN(CCC(=O)O)C3)CC2)ccc1Cl)c1ccc(Cl)cc1Cl. The minimum Gasteiger partial charge on any atom is -0.481 e. The van der Waals surface area contributed by atoms with Crippen molar-refractivity contribution in [1.29, 1.82) is 0 Å². The topological polar surface area (TPSA) is 55.8 Å². The number of benzene rings is 2. The standard InChI is InChI=1S/C26H32Cl3N3O2/c1-17(22-4-3-20(27)15-24(22)29)30-25-14-19(2-5-23(25)28)18-6-12-32(13-7-18)21-8-10-31(16-21)11-9-26(33)34/h2-5,14-15,17-18,21,30H,6-13,16H2,1H3,(H,33,34). The normalized spacial score (nSPS) is 21.0. The quantitative estimate of drug-likeness (QED) is 0.410. The van der Waals surface area contributed by atoms with Gasteiger partial charge in [-0.2, -0.15) is 0 Å². The van der Waals surface area contributed by atoms with E-state index in [1.807, 2.05) is 18.2 Å². The van der Waals surface area contributed by atoms with Crippen LogP contribution in [0.15, 0.2) is 36.4 Å².